The standard InChI is InChI=1S/C19H28O2/c1-11-9-12-10-13(20)3-4-14(12)15-7-8-19(2)16(18(11)15)5-6-17(19)21/h9,11,14-18,21H,3-8,10H2,1-2H3/t11-,14+,15-,16+,17+,18-,19+/m1/s1. The Kier molecular flexibility index (Phi) is 3.12. The first-order chi connectivity index (χ1) is 10.0. The fraction of sp³-hybridized carbons (Fsp3) is 0.842. The lowest BCUT2D eigenvalue weighted by molar-refractivity contribution is -0.121. The lowest BCUT2D eigenvalue weighted by atomic mass is 9.50. The van der Waals surface area contributed by atoms with Crippen LogP contribution in [0.25, 0.3) is 0 Å². The number of hydrogen-bond acceptors (Lipinski definition) is 2. The molecule has 0 saturated heterocycles. The van der Waals surface area contributed by atoms with E-state index in [1.165, 1.54) is 24.8 Å². The third-order valence-electron chi connectivity index (χ3n) is 7.55. The van der Waals surface area contributed by atoms with Crippen LogP contribution in [0.1, 0.15) is 58.8 Å². The lowest BCUT2D eigenvalue weighted by Gasteiger charge is -2.54. The molecule has 0 amide bonds. The highest BCUT2D eigenvalue weighted by Crippen LogP contribution is 2.62. The third-order valence-corrected chi connectivity index (χ3v) is 7.55. The molecule has 4 aliphatic rings. The van der Waals surface area contributed by atoms with Crippen molar-refractivity contribution < 1.29 is 9.90 Å². The van der Waals surface area contributed by atoms with Crippen molar-refractivity contribution in [1.82, 2.24) is 0 Å². The van der Waals surface area contributed by atoms with Crippen LogP contribution in [0.3, 0.4) is 0 Å². The predicted molar refractivity (Wildman–Crippen MR) is 82.6 cm³/mol. The third kappa shape index (κ3) is 1.91. The van der Waals surface area contributed by atoms with Crippen LogP contribution in [0.15, 0.2) is 11.6 Å². The molecule has 2 nitrogen and oxygen atoms in total. The van der Waals surface area contributed by atoms with E-state index < -0.39 is 0 Å². The van der Waals surface area contributed by atoms with Crippen LogP contribution in [-0.4, -0.2) is 17.0 Å². The zero-order chi connectivity index (χ0) is 14.8. The number of carbonyl (C=O) groups is 1. The van der Waals surface area contributed by atoms with Crippen LogP contribution >= 0.6 is 0 Å². The molecule has 1 N–H and O–H groups in total. The van der Waals surface area contributed by atoms with Crippen LogP contribution in [0.2, 0.25) is 0 Å². The molecule has 116 valence electrons. The number of allylic oxidation sites excluding steroid dienone is 2. The highest BCUT2D eigenvalue weighted by molar-refractivity contribution is 5.82. The van der Waals surface area contributed by atoms with E-state index in [1.54, 1.807) is 0 Å². The second-order valence-corrected chi connectivity index (χ2v) is 8.45. The zero-order valence-electron chi connectivity index (χ0n) is 13.3. The Balaban J connectivity index is 1.69. The van der Waals surface area contributed by atoms with Crippen molar-refractivity contribution in [2.45, 2.75) is 64.9 Å². The van der Waals surface area contributed by atoms with Gasteiger partial charge in [-0.05, 0) is 67.1 Å². The number of hydrogen-bond donors (Lipinski definition) is 1. The van der Waals surface area contributed by atoms with E-state index in [1.807, 2.05) is 0 Å². The maximum absolute atomic E-state index is 11.8. The van der Waals surface area contributed by atoms with E-state index in [2.05, 4.69) is 19.9 Å². The van der Waals surface area contributed by atoms with Crippen molar-refractivity contribution >= 4 is 5.78 Å². The van der Waals surface area contributed by atoms with Crippen molar-refractivity contribution in [2.24, 2.45) is 35.0 Å². The minimum Gasteiger partial charge on any atom is -0.393 e. The van der Waals surface area contributed by atoms with Gasteiger partial charge in [0.1, 0.15) is 5.78 Å². The topological polar surface area (TPSA) is 37.3 Å². The second kappa shape index (κ2) is 4.68. The highest BCUT2D eigenvalue weighted by Gasteiger charge is 2.57. The van der Waals surface area contributed by atoms with Gasteiger partial charge in [-0.3, -0.25) is 4.79 Å². The number of rotatable bonds is 0. The first-order valence-electron chi connectivity index (χ1n) is 8.91. The van der Waals surface area contributed by atoms with Gasteiger partial charge in [0.25, 0.3) is 0 Å². The molecule has 0 radical (unpaired) electrons. The largest absolute Gasteiger partial charge is 0.393 e. The summed E-state index contributed by atoms with van der Waals surface area (Å²) in [6.45, 7) is 4.69. The highest BCUT2D eigenvalue weighted by atomic mass is 16.3. The summed E-state index contributed by atoms with van der Waals surface area (Å²) in [7, 11) is 0. The number of aliphatic hydroxyl groups excluding tert-OH is 1. The summed E-state index contributed by atoms with van der Waals surface area (Å²) in [5.41, 5.74) is 1.62. The van der Waals surface area contributed by atoms with Crippen LogP contribution in [0, 0.1) is 35.0 Å². The molecule has 2 heteroatoms. The average Bonchev–Trinajstić information content (AvgIpc) is 2.74. The normalized spacial score (nSPS) is 52.7. The Bertz CT molecular complexity index is 494. The van der Waals surface area contributed by atoms with Crippen molar-refractivity contribution in [1.29, 1.82) is 0 Å². The lowest BCUT2D eigenvalue weighted by Crippen LogP contribution is -2.49. The van der Waals surface area contributed by atoms with Gasteiger partial charge in [0.15, 0.2) is 0 Å². The zero-order valence-corrected chi connectivity index (χ0v) is 13.3. The van der Waals surface area contributed by atoms with Gasteiger partial charge in [0.05, 0.1) is 6.10 Å². The molecule has 0 aromatic rings. The minimum atomic E-state index is -0.0889. The van der Waals surface area contributed by atoms with Crippen molar-refractivity contribution in [3.8, 4) is 0 Å². The first kappa shape index (κ1) is 14.0. The number of carbonyl (C=O) groups excluding carboxylic acids is 1. The smallest absolute Gasteiger partial charge is 0.136 e. The van der Waals surface area contributed by atoms with Crippen LogP contribution in [0.4, 0.5) is 0 Å². The maximum atomic E-state index is 11.8. The summed E-state index contributed by atoms with van der Waals surface area (Å²) in [5.74, 6) is 3.91. The number of ketones is 1. The Labute approximate surface area is 128 Å². The molecule has 0 bridgehead atoms. The summed E-state index contributed by atoms with van der Waals surface area (Å²) < 4.78 is 0. The van der Waals surface area contributed by atoms with Crippen LogP contribution in [0.5, 0.6) is 0 Å². The number of fused-ring (bicyclic) bond motifs is 5. The molecule has 7 atom stereocenters. The fourth-order valence-electron chi connectivity index (χ4n) is 6.49. The van der Waals surface area contributed by atoms with Crippen molar-refractivity contribution in [2.75, 3.05) is 0 Å². The first-order valence-corrected chi connectivity index (χ1v) is 8.91. The van der Waals surface area contributed by atoms with E-state index in [9.17, 15) is 9.90 Å². The summed E-state index contributed by atoms with van der Waals surface area (Å²) in [6, 6.07) is 0. The quantitative estimate of drug-likeness (QED) is 0.690. The molecule has 0 aromatic heterocycles. The molecule has 4 aliphatic carbocycles. The van der Waals surface area contributed by atoms with Gasteiger partial charge >= 0.3 is 0 Å². The molecule has 3 saturated carbocycles. The van der Waals surface area contributed by atoms with Crippen LogP contribution in [-0.2, 0) is 4.79 Å². The molecule has 0 unspecified atom stereocenters. The molecule has 0 heterocycles. The van der Waals surface area contributed by atoms with E-state index in [0.717, 1.165) is 37.5 Å². The molecule has 0 aliphatic heterocycles. The van der Waals surface area contributed by atoms with Gasteiger partial charge < -0.3 is 5.11 Å². The minimum absolute atomic E-state index is 0.0889. The fourth-order valence-corrected chi connectivity index (χ4v) is 6.49. The summed E-state index contributed by atoms with van der Waals surface area (Å²) in [5, 5.41) is 10.5. The van der Waals surface area contributed by atoms with Crippen molar-refractivity contribution in [3.63, 3.8) is 0 Å². The molecular formula is C19H28O2. The van der Waals surface area contributed by atoms with Gasteiger partial charge in [-0.15, -0.1) is 0 Å². The average molecular weight is 288 g/mol. The van der Waals surface area contributed by atoms with E-state index >= 15 is 0 Å². The van der Waals surface area contributed by atoms with E-state index in [4.69, 9.17) is 0 Å². The Hall–Kier alpha value is -0.630. The summed E-state index contributed by atoms with van der Waals surface area (Å²) in [6.07, 6.45) is 9.61. The van der Waals surface area contributed by atoms with Crippen molar-refractivity contribution in [3.05, 3.63) is 11.6 Å². The molecule has 0 spiro atoms. The van der Waals surface area contributed by atoms with Crippen LogP contribution < -0.4 is 0 Å². The van der Waals surface area contributed by atoms with Gasteiger partial charge in [0.2, 0.25) is 0 Å². The maximum Gasteiger partial charge on any atom is 0.136 e. The molecule has 4 rings (SSSR count). The number of Topliss-reactive ketones (excluding diaryl/α,β-unsaturated/α-hetero) is 1. The van der Waals surface area contributed by atoms with E-state index in [-0.39, 0.29) is 11.5 Å². The molecular weight excluding hydrogens is 260 g/mol. The summed E-state index contributed by atoms with van der Waals surface area (Å²) in [4.78, 5) is 11.8. The van der Waals surface area contributed by atoms with E-state index in [0.29, 0.717) is 23.5 Å². The van der Waals surface area contributed by atoms with Gasteiger partial charge in [-0.25, -0.2) is 0 Å². The van der Waals surface area contributed by atoms with Gasteiger partial charge in [-0.2, -0.15) is 0 Å². The second-order valence-electron chi connectivity index (χ2n) is 8.45. The Morgan fingerprint density at radius 1 is 1.24 bits per heavy atom. The molecule has 0 aromatic carbocycles. The number of aliphatic hydroxyl groups is 1. The Morgan fingerprint density at radius 2 is 2.05 bits per heavy atom. The molecule has 21 heavy (non-hydrogen) atoms. The molecule has 3 fully saturated rings. The van der Waals surface area contributed by atoms with Gasteiger partial charge in [-0.1, -0.05) is 25.5 Å². The Morgan fingerprint density at radius 3 is 2.86 bits per heavy atom. The van der Waals surface area contributed by atoms with Gasteiger partial charge in [0, 0.05) is 12.8 Å². The SMILES string of the molecule is C[C@@H]1C=C2CC(=O)CC[C@@H]2[C@H]2CC[C@]3(C)[C@@H](O)CC[C@H]3[C@@H]21. The summed E-state index contributed by atoms with van der Waals surface area (Å²) >= 11 is 0. The monoisotopic (exact) mass is 288 g/mol. The predicted octanol–water partition coefficient (Wildman–Crippen LogP) is 3.74.